The molecule has 3 rings (SSSR count). The first-order valence-corrected chi connectivity index (χ1v) is 6.20. The highest BCUT2D eigenvalue weighted by Crippen LogP contribution is 2.26. The van der Waals surface area contributed by atoms with E-state index in [0.717, 1.165) is 31.1 Å². The third-order valence-electron chi connectivity index (χ3n) is 3.47. The summed E-state index contributed by atoms with van der Waals surface area (Å²) in [6, 6.07) is 0. The fraction of sp³-hybridized carbons (Fsp3) is 0.667. The van der Waals surface area contributed by atoms with Gasteiger partial charge in [0.05, 0.1) is 30.3 Å². The normalized spacial score (nSPS) is 28.3. The van der Waals surface area contributed by atoms with Crippen molar-refractivity contribution in [2.45, 2.75) is 31.6 Å². The lowest BCUT2D eigenvalue weighted by Gasteiger charge is -2.31. The van der Waals surface area contributed by atoms with Gasteiger partial charge in [0.1, 0.15) is 5.82 Å². The second kappa shape index (κ2) is 4.58. The summed E-state index contributed by atoms with van der Waals surface area (Å²) in [5.41, 5.74) is 1.03. The third-order valence-corrected chi connectivity index (χ3v) is 3.47. The number of ether oxygens (including phenoxy) is 1. The van der Waals surface area contributed by atoms with Crippen molar-refractivity contribution in [1.29, 1.82) is 0 Å². The van der Waals surface area contributed by atoms with Crippen LogP contribution in [-0.2, 0) is 11.3 Å². The van der Waals surface area contributed by atoms with E-state index in [2.05, 4.69) is 20.2 Å². The molecule has 0 aromatic carbocycles. The van der Waals surface area contributed by atoms with Crippen LogP contribution in [-0.4, -0.2) is 47.2 Å². The lowest BCUT2D eigenvalue weighted by Crippen LogP contribution is -2.42. The molecule has 0 amide bonds. The SMILES string of the molecule is CNc1cnc(CN2CC3CCC(C2)O3)cn1. The number of hydrogen-bond acceptors (Lipinski definition) is 5. The van der Waals surface area contributed by atoms with Crippen LogP contribution < -0.4 is 5.32 Å². The van der Waals surface area contributed by atoms with Crippen LogP contribution >= 0.6 is 0 Å². The van der Waals surface area contributed by atoms with Crippen molar-refractivity contribution in [3.05, 3.63) is 18.1 Å². The fourth-order valence-corrected chi connectivity index (χ4v) is 2.62. The molecular weight excluding hydrogens is 216 g/mol. The molecule has 1 N–H and O–H groups in total. The second-order valence-corrected chi connectivity index (χ2v) is 4.79. The topological polar surface area (TPSA) is 50.3 Å². The number of likely N-dealkylation sites (tertiary alicyclic amines) is 1. The molecule has 0 radical (unpaired) electrons. The van der Waals surface area contributed by atoms with Crippen LogP contribution in [0.1, 0.15) is 18.5 Å². The molecule has 2 saturated heterocycles. The molecule has 2 unspecified atom stereocenters. The van der Waals surface area contributed by atoms with E-state index in [4.69, 9.17) is 4.74 Å². The van der Waals surface area contributed by atoms with Crippen LogP contribution in [0.25, 0.3) is 0 Å². The van der Waals surface area contributed by atoms with Crippen LogP contribution in [0.3, 0.4) is 0 Å². The number of fused-ring (bicyclic) bond motifs is 2. The smallest absolute Gasteiger partial charge is 0.144 e. The Hall–Kier alpha value is -1.20. The molecule has 5 heteroatoms. The zero-order valence-corrected chi connectivity index (χ0v) is 10.1. The highest BCUT2D eigenvalue weighted by molar-refractivity contribution is 5.29. The Bertz CT molecular complexity index is 369. The summed E-state index contributed by atoms with van der Waals surface area (Å²) in [6.07, 6.45) is 6.95. The van der Waals surface area contributed by atoms with Crippen LogP contribution in [0.15, 0.2) is 12.4 Å². The number of morpholine rings is 1. The number of rotatable bonds is 3. The third kappa shape index (κ3) is 2.40. The fourth-order valence-electron chi connectivity index (χ4n) is 2.62. The van der Waals surface area contributed by atoms with Crippen molar-refractivity contribution >= 4 is 5.82 Å². The van der Waals surface area contributed by atoms with Gasteiger partial charge >= 0.3 is 0 Å². The maximum absolute atomic E-state index is 5.81. The Balaban J connectivity index is 1.62. The summed E-state index contributed by atoms with van der Waals surface area (Å²) in [5, 5.41) is 2.97. The van der Waals surface area contributed by atoms with Crippen molar-refractivity contribution in [2.75, 3.05) is 25.5 Å². The maximum Gasteiger partial charge on any atom is 0.144 e. The van der Waals surface area contributed by atoms with Crippen molar-refractivity contribution in [3.8, 4) is 0 Å². The molecule has 2 bridgehead atoms. The molecular formula is C12H18N4O. The van der Waals surface area contributed by atoms with Gasteiger partial charge < -0.3 is 10.1 Å². The minimum absolute atomic E-state index is 0.443. The number of aromatic nitrogens is 2. The first-order chi connectivity index (χ1) is 8.33. The number of nitrogens with zero attached hydrogens (tertiary/aromatic N) is 3. The van der Waals surface area contributed by atoms with Crippen LogP contribution in [0.4, 0.5) is 5.82 Å². The number of anilines is 1. The summed E-state index contributed by atoms with van der Waals surface area (Å²) in [5.74, 6) is 0.816. The molecule has 2 atom stereocenters. The molecule has 1 aromatic heterocycles. The van der Waals surface area contributed by atoms with E-state index in [1.807, 2.05) is 13.2 Å². The minimum Gasteiger partial charge on any atom is -0.372 e. The second-order valence-electron chi connectivity index (χ2n) is 4.79. The van der Waals surface area contributed by atoms with Gasteiger partial charge in [0, 0.05) is 26.7 Å². The van der Waals surface area contributed by atoms with Gasteiger partial charge in [0.2, 0.25) is 0 Å². The van der Waals surface area contributed by atoms with Crippen molar-refractivity contribution < 1.29 is 4.74 Å². The average Bonchev–Trinajstić information content (AvgIpc) is 2.70. The Morgan fingerprint density at radius 3 is 2.65 bits per heavy atom. The zero-order valence-electron chi connectivity index (χ0n) is 10.1. The molecule has 2 aliphatic rings. The number of hydrogen-bond donors (Lipinski definition) is 1. The average molecular weight is 234 g/mol. The van der Waals surface area contributed by atoms with Crippen molar-refractivity contribution in [1.82, 2.24) is 14.9 Å². The van der Waals surface area contributed by atoms with Gasteiger partial charge in [-0.1, -0.05) is 0 Å². The Morgan fingerprint density at radius 1 is 1.29 bits per heavy atom. The van der Waals surface area contributed by atoms with Crippen LogP contribution in [0, 0.1) is 0 Å². The molecule has 17 heavy (non-hydrogen) atoms. The highest BCUT2D eigenvalue weighted by Gasteiger charge is 2.33. The van der Waals surface area contributed by atoms with E-state index in [-0.39, 0.29) is 0 Å². The summed E-state index contributed by atoms with van der Waals surface area (Å²) < 4.78 is 5.81. The van der Waals surface area contributed by atoms with E-state index < -0.39 is 0 Å². The quantitative estimate of drug-likeness (QED) is 0.841. The van der Waals surface area contributed by atoms with Gasteiger partial charge in [-0.3, -0.25) is 9.88 Å². The predicted octanol–water partition coefficient (Wildman–Crippen LogP) is 0.881. The molecule has 0 spiro atoms. The molecule has 0 saturated carbocycles. The molecule has 0 aliphatic carbocycles. The first kappa shape index (κ1) is 10.9. The van der Waals surface area contributed by atoms with E-state index in [0.29, 0.717) is 12.2 Å². The zero-order chi connectivity index (χ0) is 11.7. The van der Waals surface area contributed by atoms with Crippen molar-refractivity contribution in [3.63, 3.8) is 0 Å². The maximum atomic E-state index is 5.81. The minimum atomic E-state index is 0.443. The van der Waals surface area contributed by atoms with E-state index in [1.54, 1.807) is 6.20 Å². The van der Waals surface area contributed by atoms with Crippen LogP contribution in [0.2, 0.25) is 0 Å². The Labute approximate surface area is 101 Å². The van der Waals surface area contributed by atoms with E-state index in [9.17, 15) is 0 Å². The summed E-state index contributed by atoms with van der Waals surface area (Å²) in [6.45, 7) is 2.95. The summed E-state index contributed by atoms with van der Waals surface area (Å²) in [7, 11) is 1.85. The van der Waals surface area contributed by atoms with E-state index in [1.165, 1.54) is 12.8 Å². The number of nitrogens with one attached hydrogen (secondary N) is 1. The first-order valence-electron chi connectivity index (χ1n) is 6.20. The molecule has 2 aliphatic heterocycles. The van der Waals surface area contributed by atoms with Crippen LogP contribution in [0.5, 0.6) is 0 Å². The Morgan fingerprint density at radius 2 is 2.06 bits per heavy atom. The molecule has 3 heterocycles. The van der Waals surface area contributed by atoms with Gasteiger partial charge in [-0.05, 0) is 12.8 Å². The molecule has 2 fully saturated rings. The standard InChI is InChI=1S/C12H18N4O/c1-13-12-5-14-9(4-15-12)6-16-7-10-2-3-11(8-16)17-10/h4-5,10-11H,2-3,6-8H2,1H3,(H,13,15). The van der Waals surface area contributed by atoms with Gasteiger partial charge in [0.15, 0.2) is 0 Å². The molecule has 92 valence electrons. The predicted molar refractivity (Wildman–Crippen MR) is 64.8 cm³/mol. The highest BCUT2D eigenvalue weighted by atomic mass is 16.5. The van der Waals surface area contributed by atoms with E-state index >= 15 is 0 Å². The van der Waals surface area contributed by atoms with Gasteiger partial charge in [-0.2, -0.15) is 0 Å². The lowest BCUT2D eigenvalue weighted by atomic mass is 10.2. The summed E-state index contributed by atoms with van der Waals surface area (Å²) in [4.78, 5) is 11.1. The Kier molecular flexibility index (Phi) is 2.94. The lowest BCUT2D eigenvalue weighted by molar-refractivity contribution is -0.0414. The molecule has 5 nitrogen and oxygen atoms in total. The van der Waals surface area contributed by atoms with Gasteiger partial charge in [-0.25, -0.2) is 4.98 Å². The van der Waals surface area contributed by atoms with Crippen molar-refractivity contribution in [2.24, 2.45) is 0 Å². The van der Waals surface area contributed by atoms with Gasteiger partial charge in [-0.15, -0.1) is 0 Å². The monoisotopic (exact) mass is 234 g/mol. The largest absolute Gasteiger partial charge is 0.372 e. The molecule has 1 aromatic rings. The summed E-state index contributed by atoms with van der Waals surface area (Å²) >= 11 is 0. The van der Waals surface area contributed by atoms with Gasteiger partial charge in [0.25, 0.3) is 0 Å².